The number of phosphoric ester groups is 1. The number of ether oxygens (including phenoxy) is 2. The zero-order chi connectivity index (χ0) is 45.1. The van der Waals surface area contributed by atoms with Gasteiger partial charge in [-0.15, -0.1) is 0 Å². The molecule has 3 atom stereocenters. The second-order valence-electron chi connectivity index (χ2n) is 15.9. The Morgan fingerprint density at radius 1 is 0.607 bits per heavy atom. The Morgan fingerprint density at radius 2 is 1.10 bits per heavy atom. The van der Waals surface area contributed by atoms with Crippen LogP contribution in [-0.2, 0) is 32.7 Å². The maximum absolute atomic E-state index is 12.7. The van der Waals surface area contributed by atoms with Gasteiger partial charge in [0, 0.05) is 12.8 Å². The van der Waals surface area contributed by atoms with E-state index in [0.29, 0.717) is 36.7 Å². The smallest absolute Gasteiger partial charge is 0.306 e. The molecule has 0 radical (unpaired) electrons. The van der Waals surface area contributed by atoms with Gasteiger partial charge in [0.05, 0.1) is 33.9 Å². The summed E-state index contributed by atoms with van der Waals surface area (Å²) in [6, 6.07) is 0. The maximum Gasteiger partial charge on any atom is 0.306 e. The molecule has 0 aliphatic carbocycles. The van der Waals surface area contributed by atoms with E-state index in [1.807, 2.05) is 58.4 Å². The Bertz CT molecular complexity index is 1420. The Labute approximate surface area is 370 Å². The van der Waals surface area contributed by atoms with Gasteiger partial charge in [0.15, 0.2) is 6.10 Å². The van der Waals surface area contributed by atoms with Crippen LogP contribution in [0.3, 0.4) is 0 Å². The minimum absolute atomic E-state index is 0.0590. The van der Waals surface area contributed by atoms with Crippen molar-refractivity contribution in [3.05, 3.63) is 109 Å². The average Bonchev–Trinajstić information content (AvgIpc) is 3.21. The molecule has 0 aromatic carbocycles. The molecule has 1 N–H and O–H groups in total. The van der Waals surface area contributed by atoms with Crippen LogP contribution in [-0.4, -0.2) is 81.2 Å². The largest absolute Gasteiger partial charge is 0.756 e. The number of esters is 2. The van der Waals surface area contributed by atoms with E-state index in [1.165, 1.54) is 25.7 Å². The first-order chi connectivity index (χ1) is 29.4. The summed E-state index contributed by atoms with van der Waals surface area (Å²) < 4.78 is 33.8. The molecule has 10 nitrogen and oxygen atoms in total. The number of nitrogens with zero attached hydrogens (tertiary/aromatic N) is 1. The van der Waals surface area contributed by atoms with Crippen LogP contribution in [0.2, 0.25) is 0 Å². The van der Waals surface area contributed by atoms with Gasteiger partial charge >= 0.3 is 11.9 Å². The zero-order valence-corrected chi connectivity index (χ0v) is 39.3. The molecule has 0 bridgehead atoms. The first kappa shape index (κ1) is 57.6. The Kier molecular flexibility index (Phi) is 38.4. The molecule has 0 aromatic rings. The lowest BCUT2D eigenvalue weighted by atomic mass is 10.1. The number of unbranched alkanes of at least 4 members (excludes halogenated alkanes) is 7. The number of likely N-dealkylation sites (N-methyl/N-ethyl adjacent to an activating group) is 1. The molecule has 0 aromatic heterocycles. The van der Waals surface area contributed by atoms with Gasteiger partial charge in [-0.1, -0.05) is 142 Å². The Morgan fingerprint density at radius 3 is 1.62 bits per heavy atom. The third kappa shape index (κ3) is 44.5. The van der Waals surface area contributed by atoms with Crippen LogP contribution in [0.1, 0.15) is 136 Å². The number of phosphoric acid groups is 1. The SMILES string of the molecule is CCCCC/C=C\C/C=C\C/C=C\C/C=C\CCCCCC(=O)O[C@H](COC(=O)CCC/C=C\C/C=C\C/C=C\C/C=C\C=C\[C@@H](O)CC)COP(=O)([O-])OCC[N+](C)(C)C. The number of hydrogen-bond donors (Lipinski definition) is 1. The first-order valence-corrected chi connectivity index (χ1v) is 24.2. The molecule has 0 spiro atoms. The first-order valence-electron chi connectivity index (χ1n) is 22.7. The third-order valence-electron chi connectivity index (χ3n) is 8.93. The summed E-state index contributed by atoms with van der Waals surface area (Å²) in [6.45, 7) is 3.72. The number of quaternary nitrogens is 1. The van der Waals surface area contributed by atoms with Crippen LogP contribution < -0.4 is 4.89 Å². The van der Waals surface area contributed by atoms with E-state index < -0.39 is 32.5 Å². The number of carbonyl (C=O) groups excluding carboxylic acids is 2. The molecule has 61 heavy (non-hydrogen) atoms. The number of rotatable bonds is 39. The average molecular weight is 872 g/mol. The molecule has 0 heterocycles. The number of carbonyl (C=O) groups is 2. The summed E-state index contributed by atoms with van der Waals surface area (Å²) in [6.07, 6.45) is 52.2. The van der Waals surface area contributed by atoms with E-state index in [9.17, 15) is 24.2 Å². The summed E-state index contributed by atoms with van der Waals surface area (Å²) in [7, 11) is 1.07. The molecule has 0 saturated heterocycles. The number of allylic oxidation sites excluding steroid dienone is 17. The molecule has 0 rings (SSSR count). The minimum Gasteiger partial charge on any atom is -0.756 e. The highest BCUT2D eigenvalue weighted by atomic mass is 31.2. The molecule has 11 heteroatoms. The molecule has 0 amide bonds. The normalized spacial score (nSPS) is 15.1. The van der Waals surface area contributed by atoms with Gasteiger partial charge in [-0.25, -0.2) is 0 Å². The van der Waals surface area contributed by atoms with E-state index in [0.717, 1.165) is 57.8 Å². The summed E-state index contributed by atoms with van der Waals surface area (Å²) in [4.78, 5) is 37.6. The number of hydrogen-bond acceptors (Lipinski definition) is 9. The van der Waals surface area contributed by atoms with Gasteiger partial charge in [-0.05, 0) is 89.9 Å². The van der Waals surface area contributed by atoms with E-state index in [2.05, 4.69) is 79.8 Å². The van der Waals surface area contributed by atoms with Crippen molar-refractivity contribution in [1.29, 1.82) is 0 Å². The predicted molar refractivity (Wildman–Crippen MR) is 251 cm³/mol. The second-order valence-corrected chi connectivity index (χ2v) is 17.3. The van der Waals surface area contributed by atoms with Gasteiger partial charge in [-0.2, -0.15) is 0 Å². The highest BCUT2D eigenvalue weighted by Crippen LogP contribution is 2.38. The summed E-state index contributed by atoms with van der Waals surface area (Å²) in [5.74, 6) is -0.971. The fraction of sp³-hybridized carbons (Fsp3) is 0.600. The minimum atomic E-state index is -4.66. The quantitative estimate of drug-likeness (QED) is 0.0160. The van der Waals surface area contributed by atoms with Gasteiger partial charge in [0.25, 0.3) is 7.82 Å². The molecule has 0 fully saturated rings. The van der Waals surface area contributed by atoms with Gasteiger partial charge in [0.1, 0.15) is 19.8 Å². The monoisotopic (exact) mass is 872 g/mol. The molecule has 346 valence electrons. The van der Waals surface area contributed by atoms with E-state index in [1.54, 1.807) is 6.08 Å². The van der Waals surface area contributed by atoms with Crippen molar-refractivity contribution in [3.63, 3.8) is 0 Å². The molecule has 0 aliphatic rings. The molecule has 0 aliphatic heterocycles. The van der Waals surface area contributed by atoms with Crippen molar-refractivity contribution >= 4 is 19.8 Å². The standard InChI is InChI=1S/C50H82NO9P/c1-6-8-9-10-11-12-13-14-15-16-17-18-19-24-27-30-33-36-39-42-50(54)60-48(46-59-61(55,56)58-44-43-51(3,4)5)45-57-49(53)41-38-35-32-29-26-23-21-20-22-25-28-31-34-37-40-47(52)7-2/h11-12,14-15,17-18,21-25,27,29,31-32,34,37,40,47-48,52H,6-10,13,16,19-20,26,28,30,33,35-36,38-39,41-46H2,1-5H3/b12-11-,15-14-,18-17-,23-21-,25-22-,27-24-,32-29-,34-31-,40-37+/t47-,48+/m0/s1. The Hall–Kier alpha value is -3.37. The molecule has 1 unspecified atom stereocenters. The molecular formula is C50H82NO9P. The van der Waals surface area contributed by atoms with Crippen LogP contribution in [0.15, 0.2) is 109 Å². The van der Waals surface area contributed by atoms with Crippen LogP contribution in [0, 0.1) is 0 Å². The third-order valence-corrected chi connectivity index (χ3v) is 9.90. The van der Waals surface area contributed by atoms with Crippen molar-refractivity contribution in [2.75, 3.05) is 47.5 Å². The van der Waals surface area contributed by atoms with Crippen LogP contribution in [0.25, 0.3) is 0 Å². The van der Waals surface area contributed by atoms with Gasteiger partial charge in [0.2, 0.25) is 0 Å². The lowest BCUT2D eigenvalue weighted by Gasteiger charge is -2.28. The van der Waals surface area contributed by atoms with Crippen LogP contribution >= 0.6 is 7.82 Å². The fourth-order valence-electron chi connectivity index (χ4n) is 5.21. The summed E-state index contributed by atoms with van der Waals surface area (Å²) in [5.41, 5.74) is 0. The lowest BCUT2D eigenvalue weighted by molar-refractivity contribution is -0.870. The van der Waals surface area contributed by atoms with Gasteiger partial charge in [-0.3, -0.25) is 14.2 Å². The van der Waals surface area contributed by atoms with E-state index in [4.69, 9.17) is 18.5 Å². The highest BCUT2D eigenvalue weighted by molar-refractivity contribution is 7.45. The van der Waals surface area contributed by atoms with Crippen molar-refractivity contribution in [3.8, 4) is 0 Å². The van der Waals surface area contributed by atoms with E-state index in [-0.39, 0.29) is 32.2 Å². The molecular weight excluding hydrogens is 790 g/mol. The van der Waals surface area contributed by atoms with Crippen molar-refractivity contribution < 1.29 is 47.2 Å². The second kappa shape index (κ2) is 40.7. The van der Waals surface area contributed by atoms with E-state index >= 15 is 0 Å². The highest BCUT2D eigenvalue weighted by Gasteiger charge is 2.21. The maximum atomic E-state index is 12.7. The van der Waals surface area contributed by atoms with Gasteiger partial charge < -0.3 is 33.0 Å². The van der Waals surface area contributed by atoms with Crippen molar-refractivity contribution in [2.45, 2.75) is 148 Å². The van der Waals surface area contributed by atoms with Crippen LogP contribution in [0.4, 0.5) is 0 Å². The topological polar surface area (TPSA) is 131 Å². The Balaban J connectivity index is 4.55. The van der Waals surface area contributed by atoms with Crippen molar-refractivity contribution in [1.82, 2.24) is 0 Å². The number of aliphatic hydroxyl groups excluding tert-OH is 1. The predicted octanol–water partition coefficient (Wildman–Crippen LogP) is 11.5. The lowest BCUT2D eigenvalue weighted by Crippen LogP contribution is -2.37. The molecule has 0 saturated carbocycles. The zero-order valence-electron chi connectivity index (χ0n) is 38.4. The fourth-order valence-corrected chi connectivity index (χ4v) is 5.94. The van der Waals surface area contributed by atoms with Crippen LogP contribution in [0.5, 0.6) is 0 Å². The van der Waals surface area contributed by atoms with Crippen molar-refractivity contribution in [2.24, 2.45) is 0 Å². The summed E-state index contributed by atoms with van der Waals surface area (Å²) >= 11 is 0. The number of aliphatic hydroxyl groups is 1. The summed E-state index contributed by atoms with van der Waals surface area (Å²) in [5, 5.41) is 9.48.